The topological polar surface area (TPSA) is 69.9 Å². The van der Waals surface area contributed by atoms with Crippen molar-refractivity contribution in [3.05, 3.63) is 65.3 Å². The lowest BCUT2D eigenvalue weighted by atomic mass is 10.0. The summed E-state index contributed by atoms with van der Waals surface area (Å²) in [6.45, 7) is 9.12. The van der Waals surface area contributed by atoms with Gasteiger partial charge in [-0.25, -0.2) is 4.98 Å². The van der Waals surface area contributed by atoms with Gasteiger partial charge in [-0.3, -0.25) is 0 Å². The van der Waals surface area contributed by atoms with E-state index in [9.17, 15) is 0 Å². The Morgan fingerprint density at radius 3 is 2.61 bits per heavy atom. The van der Waals surface area contributed by atoms with E-state index in [1.807, 2.05) is 26.2 Å². The number of aromatic nitrogens is 3. The number of nitrogens with zero attached hydrogens (tertiary/aromatic N) is 3. The summed E-state index contributed by atoms with van der Waals surface area (Å²) in [6.07, 6.45) is 2.95. The van der Waals surface area contributed by atoms with Gasteiger partial charge in [0.2, 0.25) is 0 Å². The minimum Gasteiger partial charge on any atom is -0.397 e. The van der Waals surface area contributed by atoms with Crippen LogP contribution in [0, 0.1) is 19.8 Å². The summed E-state index contributed by atoms with van der Waals surface area (Å²) in [5.41, 5.74) is 14.3. The van der Waals surface area contributed by atoms with Crippen molar-refractivity contribution in [1.82, 2.24) is 14.7 Å². The highest BCUT2D eigenvalue weighted by molar-refractivity contribution is 5.92. The van der Waals surface area contributed by atoms with Gasteiger partial charge < -0.3 is 14.8 Å². The molecule has 2 aromatic heterocycles. The maximum atomic E-state index is 6.32. The van der Waals surface area contributed by atoms with Crippen molar-refractivity contribution >= 4 is 16.7 Å². The van der Waals surface area contributed by atoms with Gasteiger partial charge in [-0.15, -0.1) is 0 Å². The van der Waals surface area contributed by atoms with Crippen molar-refractivity contribution in [2.24, 2.45) is 5.92 Å². The molecule has 4 aromatic rings. The van der Waals surface area contributed by atoms with Gasteiger partial charge in [0.25, 0.3) is 0 Å². The Hall–Kier alpha value is -3.08. The number of imidazole rings is 1. The zero-order valence-electron chi connectivity index (χ0n) is 16.9. The van der Waals surface area contributed by atoms with Gasteiger partial charge in [0.05, 0.1) is 23.2 Å². The van der Waals surface area contributed by atoms with Crippen LogP contribution in [0.3, 0.4) is 0 Å². The predicted molar refractivity (Wildman–Crippen MR) is 113 cm³/mol. The molecule has 2 heterocycles. The third kappa shape index (κ3) is 3.40. The molecule has 5 nitrogen and oxygen atoms in total. The number of nitrogens with two attached hydrogens (primary N) is 1. The summed E-state index contributed by atoms with van der Waals surface area (Å²) >= 11 is 0. The van der Waals surface area contributed by atoms with Gasteiger partial charge >= 0.3 is 0 Å². The van der Waals surface area contributed by atoms with E-state index in [0.29, 0.717) is 11.6 Å². The van der Waals surface area contributed by atoms with E-state index in [-0.39, 0.29) is 0 Å². The number of anilines is 1. The molecule has 2 aromatic carbocycles. The normalized spacial score (nSPS) is 11.6. The Labute approximate surface area is 165 Å². The van der Waals surface area contributed by atoms with Gasteiger partial charge in [0.1, 0.15) is 11.3 Å². The fraction of sp³-hybridized carbons (Fsp3) is 0.304. The lowest BCUT2D eigenvalue weighted by molar-refractivity contribution is 0.393. The average molecular weight is 374 g/mol. The first kappa shape index (κ1) is 18.3. The third-order valence-electron chi connectivity index (χ3n) is 5.07. The predicted octanol–water partition coefficient (Wildman–Crippen LogP) is 5.14. The molecule has 0 aliphatic carbocycles. The second-order valence-electron chi connectivity index (χ2n) is 7.92. The van der Waals surface area contributed by atoms with Crippen molar-refractivity contribution in [2.75, 3.05) is 5.73 Å². The fourth-order valence-corrected chi connectivity index (χ4v) is 3.88. The number of aryl methyl sites for hydroxylation is 2. The Morgan fingerprint density at radius 1 is 1.11 bits per heavy atom. The number of hydrogen-bond acceptors (Lipinski definition) is 4. The van der Waals surface area contributed by atoms with Crippen molar-refractivity contribution in [2.45, 2.75) is 40.7 Å². The second kappa shape index (κ2) is 7.15. The van der Waals surface area contributed by atoms with E-state index in [1.165, 1.54) is 11.1 Å². The van der Waals surface area contributed by atoms with Crippen molar-refractivity contribution < 1.29 is 4.52 Å². The van der Waals surface area contributed by atoms with Gasteiger partial charge in [0, 0.05) is 12.1 Å². The lowest BCUT2D eigenvalue weighted by Gasteiger charge is -2.10. The number of fused-ring (bicyclic) bond motifs is 1. The van der Waals surface area contributed by atoms with Crippen LogP contribution in [0.5, 0.6) is 0 Å². The molecule has 0 aliphatic heterocycles. The molecule has 4 rings (SSSR count). The molecule has 5 heteroatoms. The average Bonchev–Trinajstić information content (AvgIpc) is 3.18. The summed E-state index contributed by atoms with van der Waals surface area (Å²) in [4.78, 5) is 4.55. The maximum absolute atomic E-state index is 6.32. The van der Waals surface area contributed by atoms with Gasteiger partial charge in [-0.1, -0.05) is 43.3 Å². The lowest BCUT2D eigenvalue weighted by Crippen LogP contribution is -2.01. The maximum Gasteiger partial charge on any atom is 0.141 e. The van der Waals surface area contributed by atoms with Crippen LogP contribution >= 0.6 is 0 Å². The molecule has 0 bridgehead atoms. The third-order valence-corrected chi connectivity index (χ3v) is 5.07. The summed E-state index contributed by atoms with van der Waals surface area (Å²) < 4.78 is 7.50. The largest absolute Gasteiger partial charge is 0.397 e. The molecule has 2 N–H and O–H groups in total. The van der Waals surface area contributed by atoms with Crippen LogP contribution < -0.4 is 5.73 Å². The molecule has 0 atom stereocenters. The van der Waals surface area contributed by atoms with Crippen molar-refractivity contribution in [3.8, 4) is 11.1 Å². The van der Waals surface area contributed by atoms with Gasteiger partial charge in [-0.2, -0.15) is 0 Å². The number of hydrogen-bond donors (Lipinski definition) is 1. The number of nitrogen functional groups attached to an aromatic ring is 1. The fourth-order valence-electron chi connectivity index (χ4n) is 3.88. The molecule has 0 saturated heterocycles. The molecule has 0 spiro atoms. The molecule has 0 saturated carbocycles. The van der Waals surface area contributed by atoms with Crippen LogP contribution in [-0.2, 0) is 13.0 Å². The number of benzene rings is 2. The molecule has 0 aliphatic rings. The summed E-state index contributed by atoms with van der Waals surface area (Å²) in [6, 6.07) is 12.9. The first-order valence-electron chi connectivity index (χ1n) is 9.67. The zero-order valence-corrected chi connectivity index (χ0v) is 16.9. The summed E-state index contributed by atoms with van der Waals surface area (Å²) in [5, 5.41) is 4.08. The van der Waals surface area contributed by atoms with Crippen molar-refractivity contribution in [3.63, 3.8) is 0 Å². The van der Waals surface area contributed by atoms with Gasteiger partial charge in [0.15, 0.2) is 0 Å². The van der Waals surface area contributed by atoms with Gasteiger partial charge in [-0.05, 0) is 55.0 Å². The zero-order chi connectivity index (χ0) is 19.8. The molecule has 28 heavy (non-hydrogen) atoms. The molecule has 144 valence electrons. The molecule has 0 fully saturated rings. The van der Waals surface area contributed by atoms with Crippen LogP contribution in [0.25, 0.3) is 22.2 Å². The molecule has 0 unspecified atom stereocenters. The van der Waals surface area contributed by atoms with Crippen LogP contribution in [0.1, 0.15) is 36.4 Å². The van der Waals surface area contributed by atoms with E-state index in [4.69, 9.17) is 10.3 Å². The molecule has 0 radical (unpaired) electrons. The van der Waals surface area contributed by atoms with Crippen LogP contribution in [0.4, 0.5) is 5.69 Å². The highest BCUT2D eigenvalue weighted by Gasteiger charge is 2.15. The Morgan fingerprint density at radius 2 is 1.89 bits per heavy atom. The van der Waals surface area contributed by atoms with Crippen LogP contribution in [-0.4, -0.2) is 14.7 Å². The highest BCUT2D eigenvalue weighted by Crippen LogP contribution is 2.32. The highest BCUT2D eigenvalue weighted by atomic mass is 16.5. The summed E-state index contributed by atoms with van der Waals surface area (Å²) in [5.74, 6) is 1.44. The monoisotopic (exact) mass is 374 g/mol. The van der Waals surface area contributed by atoms with Crippen LogP contribution in [0.2, 0.25) is 0 Å². The van der Waals surface area contributed by atoms with E-state index in [1.54, 1.807) is 0 Å². The minimum absolute atomic E-state index is 0.640. The smallest absolute Gasteiger partial charge is 0.141 e. The minimum atomic E-state index is 0.640. The molecular formula is C23H26N4O. The van der Waals surface area contributed by atoms with E-state index in [0.717, 1.165) is 46.6 Å². The standard InChI is InChI=1S/C23H26N4O/c1-14(2)8-17-6-5-7-18(9-17)12-27-13-25-23-20(24)10-19(11-21(23)27)22-15(3)26-28-16(22)4/h5-7,9-11,13-14H,8,12,24H2,1-4H3. The van der Waals surface area contributed by atoms with Crippen LogP contribution in [0.15, 0.2) is 47.2 Å². The van der Waals surface area contributed by atoms with E-state index >= 15 is 0 Å². The van der Waals surface area contributed by atoms with Crippen molar-refractivity contribution in [1.29, 1.82) is 0 Å². The number of rotatable bonds is 5. The Balaban J connectivity index is 1.75. The van der Waals surface area contributed by atoms with E-state index in [2.05, 4.69) is 58.9 Å². The summed E-state index contributed by atoms with van der Waals surface area (Å²) in [7, 11) is 0. The SMILES string of the molecule is Cc1noc(C)c1-c1cc(N)c2ncn(Cc3cccc(CC(C)C)c3)c2c1. The molecular weight excluding hydrogens is 348 g/mol. The first-order valence-corrected chi connectivity index (χ1v) is 9.67. The Bertz CT molecular complexity index is 1120. The Kier molecular flexibility index (Phi) is 4.67. The molecule has 0 amide bonds. The first-order chi connectivity index (χ1) is 13.4. The second-order valence-corrected chi connectivity index (χ2v) is 7.92. The quantitative estimate of drug-likeness (QED) is 0.491. The van der Waals surface area contributed by atoms with E-state index < -0.39 is 0 Å².